The highest BCUT2D eigenvalue weighted by Crippen LogP contribution is 2.18. The summed E-state index contributed by atoms with van der Waals surface area (Å²) in [5, 5.41) is 2.96. The summed E-state index contributed by atoms with van der Waals surface area (Å²) in [5.74, 6) is 0.723. The molecule has 1 amide bonds. The van der Waals surface area contributed by atoms with Gasteiger partial charge in [0.15, 0.2) is 0 Å². The van der Waals surface area contributed by atoms with Gasteiger partial charge in [-0.15, -0.1) is 0 Å². The second kappa shape index (κ2) is 7.88. The minimum atomic E-state index is 0.0278. The monoisotopic (exact) mass is 326 g/mol. The maximum atomic E-state index is 12.7. The molecule has 2 aromatic heterocycles. The van der Waals surface area contributed by atoms with E-state index in [0.717, 1.165) is 25.1 Å². The van der Waals surface area contributed by atoms with E-state index in [2.05, 4.69) is 15.3 Å². The van der Waals surface area contributed by atoms with Crippen LogP contribution in [0, 0.1) is 0 Å². The van der Waals surface area contributed by atoms with Crippen LogP contribution in [0.25, 0.3) is 0 Å². The van der Waals surface area contributed by atoms with Crippen molar-refractivity contribution in [1.82, 2.24) is 14.9 Å². The Morgan fingerprint density at radius 3 is 3.04 bits per heavy atom. The molecule has 1 unspecified atom stereocenters. The molecule has 2 aromatic rings. The van der Waals surface area contributed by atoms with Gasteiger partial charge in [-0.05, 0) is 37.1 Å². The van der Waals surface area contributed by atoms with Crippen LogP contribution in [0.4, 0.5) is 5.82 Å². The molecule has 1 saturated heterocycles. The van der Waals surface area contributed by atoms with Crippen molar-refractivity contribution in [2.24, 2.45) is 0 Å². The van der Waals surface area contributed by atoms with Crippen LogP contribution < -0.4 is 5.32 Å². The zero-order valence-corrected chi connectivity index (χ0v) is 13.8. The SMILES string of the molecule is CNc1cc(C(=O)N2CCCC(OCc3ccccn3)C2)ccn1. The summed E-state index contributed by atoms with van der Waals surface area (Å²) in [6.07, 6.45) is 5.38. The zero-order valence-electron chi connectivity index (χ0n) is 13.8. The second-order valence-electron chi connectivity index (χ2n) is 5.83. The van der Waals surface area contributed by atoms with Crippen LogP contribution >= 0.6 is 0 Å². The van der Waals surface area contributed by atoms with Crippen LogP contribution in [-0.2, 0) is 11.3 Å². The van der Waals surface area contributed by atoms with Gasteiger partial charge in [-0.25, -0.2) is 4.98 Å². The highest BCUT2D eigenvalue weighted by atomic mass is 16.5. The second-order valence-corrected chi connectivity index (χ2v) is 5.83. The number of nitrogens with one attached hydrogen (secondary N) is 1. The number of likely N-dealkylation sites (tertiary alicyclic amines) is 1. The predicted octanol–water partition coefficient (Wildman–Crippen LogP) is 2.34. The number of aromatic nitrogens is 2. The van der Waals surface area contributed by atoms with E-state index in [1.54, 1.807) is 31.6 Å². The topological polar surface area (TPSA) is 67.4 Å². The van der Waals surface area contributed by atoms with Gasteiger partial charge in [0.25, 0.3) is 5.91 Å². The fourth-order valence-electron chi connectivity index (χ4n) is 2.83. The van der Waals surface area contributed by atoms with Crippen molar-refractivity contribution in [3.63, 3.8) is 0 Å². The highest BCUT2D eigenvalue weighted by molar-refractivity contribution is 5.94. The van der Waals surface area contributed by atoms with Crippen LogP contribution in [0.15, 0.2) is 42.7 Å². The molecule has 0 bridgehead atoms. The molecular weight excluding hydrogens is 304 g/mol. The molecule has 6 heteroatoms. The number of hydrogen-bond acceptors (Lipinski definition) is 5. The van der Waals surface area contributed by atoms with Crippen LogP contribution in [0.3, 0.4) is 0 Å². The minimum absolute atomic E-state index is 0.0278. The molecule has 1 fully saturated rings. The van der Waals surface area contributed by atoms with E-state index < -0.39 is 0 Å². The van der Waals surface area contributed by atoms with Crippen LogP contribution in [0.2, 0.25) is 0 Å². The molecule has 126 valence electrons. The zero-order chi connectivity index (χ0) is 16.8. The third-order valence-electron chi connectivity index (χ3n) is 4.12. The van der Waals surface area contributed by atoms with Gasteiger partial charge in [0.05, 0.1) is 18.4 Å². The Morgan fingerprint density at radius 2 is 2.25 bits per heavy atom. The number of amides is 1. The molecule has 1 N–H and O–H groups in total. The summed E-state index contributed by atoms with van der Waals surface area (Å²) < 4.78 is 5.95. The van der Waals surface area contributed by atoms with Crippen molar-refractivity contribution in [2.75, 3.05) is 25.5 Å². The Balaban J connectivity index is 1.59. The van der Waals surface area contributed by atoms with Crippen molar-refractivity contribution >= 4 is 11.7 Å². The fourth-order valence-corrected chi connectivity index (χ4v) is 2.83. The molecule has 0 aromatic carbocycles. The molecule has 24 heavy (non-hydrogen) atoms. The Morgan fingerprint density at radius 1 is 1.33 bits per heavy atom. The molecule has 0 saturated carbocycles. The third kappa shape index (κ3) is 4.08. The lowest BCUT2D eigenvalue weighted by Gasteiger charge is -2.32. The smallest absolute Gasteiger partial charge is 0.254 e. The van der Waals surface area contributed by atoms with E-state index in [4.69, 9.17) is 4.74 Å². The summed E-state index contributed by atoms with van der Waals surface area (Å²) in [6.45, 7) is 1.86. The van der Waals surface area contributed by atoms with Crippen LogP contribution in [0.1, 0.15) is 28.9 Å². The van der Waals surface area contributed by atoms with E-state index in [-0.39, 0.29) is 12.0 Å². The first-order chi connectivity index (χ1) is 11.8. The lowest BCUT2D eigenvalue weighted by atomic mass is 10.1. The molecule has 0 radical (unpaired) electrons. The van der Waals surface area contributed by atoms with Crippen molar-refractivity contribution in [1.29, 1.82) is 0 Å². The molecular formula is C18H22N4O2. The molecule has 3 rings (SSSR count). The van der Waals surface area contributed by atoms with Gasteiger partial charge >= 0.3 is 0 Å². The van der Waals surface area contributed by atoms with E-state index in [9.17, 15) is 4.79 Å². The number of piperidine rings is 1. The number of anilines is 1. The van der Waals surface area contributed by atoms with Crippen molar-refractivity contribution in [3.8, 4) is 0 Å². The molecule has 3 heterocycles. The lowest BCUT2D eigenvalue weighted by molar-refractivity contribution is -0.00785. The molecule has 1 aliphatic heterocycles. The van der Waals surface area contributed by atoms with Gasteiger partial charge in [-0.2, -0.15) is 0 Å². The normalized spacial score (nSPS) is 17.5. The summed E-state index contributed by atoms with van der Waals surface area (Å²) in [7, 11) is 1.79. The van der Waals surface area contributed by atoms with E-state index in [0.29, 0.717) is 24.5 Å². The average molecular weight is 326 g/mol. The number of hydrogen-bond donors (Lipinski definition) is 1. The van der Waals surface area contributed by atoms with Crippen molar-refractivity contribution < 1.29 is 9.53 Å². The maximum absolute atomic E-state index is 12.7. The molecule has 1 atom stereocenters. The van der Waals surface area contributed by atoms with Gasteiger partial charge < -0.3 is 15.0 Å². The summed E-state index contributed by atoms with van der Waals surface area (Å²) >= 11 is 0. The van der Waals surface area contributed by atoms with Gasteiger partial charge in [-0.1, -0.05) is 6.07 Å². The summed E-state index contributed by atoms with van der Waals surface area (Å²) in [6, 6.07) is 9.31. The number of pyridine rings is 2. The molecule has 6 nitrogen and oxygen atoms in total. The maximum Gasteiger partial charge on any atom is 0.254 e. The first kappa shape index (κ1) is 16.4. The van der Waals surface area contributed by atoms with Crippen LogP contribution in [0.5, 0.6) is 0 Å². The van der Waals surface area contributed by atoms with Gasteiger partial charge in [0.1, 0.15) is 5.82 Å². The number of carbonyl (C=O) groups is 1. The first-order valence-electron chi connectivity index (χ1n) is 8.21. The van der Waals surface area contributed by atoms with Gasteiger partial charge in [0.2, 0.25) is 0 Å². The fraction of sp³-hybridized carbons (Fsp3) is 0.389. The number of carbonyl (C=O) groups excluding carboxylic acids is 1. The Bertz CT molecular complexity index is 678. The lowest BCUT2D eigenvalue weighted by Crippen LogP contribution is -2.43. The largest absolute Gasteiger partial charge is 0.373 e. The minimum Gasteiger partial charge on any atom is -0.373 e. The van der Waals surface area contributed by atoms with Crippen LogP contribution in [-0.4, -0.2) is 47.0 Å². The van der Waals surface area contributed by atoms with Crippen molar-refractivity contribution in [2.45, 2.75) is 25.6 Å². The number of rotatable bonds is 5. The third-order valence-corrected chi connectivity index (χ3v) is 4.12. The molecule has 1 aliphatic rings. The number of nitrogens with zero attached hydrogens (tertiary/aromatic N) is 3. The van der Waals surface area contributed by atoms with Crippen molar-refractivity contribution in [3.05, 3.63) is 54.0 Å². The standard InChI is InChI=1S/C18H22N4O2/c1-19-17-11-14(7-9-21-17)18(23)22-10-4-6-16(12-22)24-13-15-5-2-3-8-20-15/h2-3,5,7-9,11,16H,4,6,10,12-13H2,1H3,(H,19,21). The summed E-state index contributed by atoms with van der Waals surface area (Å²) in [4.78, 5) is 23.0. The van der Waals surface area contributed by atoms with E-state index in [1.807, 2.05) is 23.1 Å². The quantitative estimate of drug-likeness (QED) is 0.913. The molecule has 0 aliphatic carbocycles. The first-order valence-corrected chi connectivity index (χ1v) is 8.21. The van der Waals surface area contributed by atoms with E-state index in [1.165, 1.54) is 0 Å². The molecule has 0 spiro atoms. The highest BCUT2D eigenvalue weighted by Gasteiger charge is 2.25. The van der Waals surface area contributed by atoms with E-state index >= 15 is 0 Å². The predicted molar refractivity (Wildman–Crippen MR) is 91.7 cm³/mol. The van der Waals surface area contributed by atoms with Gasteiger partial charge in [-0.3, -0.25) is 9.78 Å². The Hall–Kier alpha value is -2.47. The summed E-state index contributed by atoms with van der Waals surface area (Å²) in [5.41, 5.74) is 1.56. The number of ether oxygens (including phenoxy) is 1. The Labute approximate surface area is 141 Å². The average Bonchev–Trinajstić information content (AvgIpc) is 2.67. The van der Waals surface area contributed by atoms with Gasteiger partial charge in [0, 0.05) is 38.1 Å². The Kier molecular flexibility index (Phi) is 5.38.